The summed E-state index contributed by atoms with van der Waals surface area (Å²) in [6, 6.07) is 2.95. The normalized spacial score (nSPS) is 16.2. The molecular formula is C10H12N4O3. The highest BCUT2D eigenvalue weighted by Crippen LogP contribution is 2.12. The molecule has 0 spiro atoms. The molecule has 0 aromatic carbocycles. The van der Waals surface area contributed by atoms with Crippen molar-refractivity contribution in [2.75, 3.05) is 31.6 Å². The van der Waals surface area contributed by atoms with Crippen molar-refractivity contribution in [2.45, 2.75) is 0 Å². The van der Waals surface area contributed by atoms with Crippen molar-refractivity contribution in [3.63, 3.8) is 0 Å². The van der Waals surface area contributed by atoms with Gasteiger partial charge >= 0.3 is 5.97 Å². The first-order chi connectivity index (χ1) is 8.08. The highest BCUT2D eigenvalue weighted by atomic mass is 16.4. The standard InChI is InChI=1S/C10H12N4O3/c1-13-4-5-14(6-9(13)15)8-3-2-7(10(16)17)11-12-8/h2-3H,4-6H2,1H3,(H,16,17). The predicted octanol–water partition coefficient (Wildman–Crippen LogP) is -0.547. The van der Waals surface area contributed by atoms with Crippen molar-refractivity contribution in [3.8, 4) is 0 Å². The fourth-order valence-electron chi connectivity index (χ4n) is 1.56. The van der Waals surface area contributed by atoms with E-state index < -0.39 is 5.97 Å². The Labute approximate surface area is 97.7 Å². The molecule has 1 aromatic rings. The Kier molecular flexibility index (Phi) is 2.90. The molecule has 1 amide bonds. The van der Waals surface area contributed by atoms with Crippen LogP contribution in [-0.4, -0.2) is 58.8 Å². The summed E-state index contributed by atoms with van der Waals surface area (Å²) < 4.78 is 0. The number of piperazine rings is 1. The first-order valence-electron chi connectivity index (χ1n) is 5.14. The molecule has 0 saturated carbocycles. The largest absolute Gasteiger partial charge is 0.476 e. The van der Waals surface area contributed by atoms with E-state index in [9.17, 15) is 9.59 Å². The molecule has 0 radical (unpaired) electrons. The van der Waals surface area contributed by atoms with E-state index in [4.69, 9.17) is 5.11 Å². The maximum atomic E-state index is 11.5. The summed E-state index contributed by atoms with van der Waals surface area (Å²) in [7, 11) is 1.75. The van der Waals surface area contributed by atoms with E-state index in [0.29, 0.717) is 18.9 Å². The van der Waals surface area contributed by atoms with Gasteiger partial charge in [0.15, 0.2) is 11.5 Å². The van der Waals surface area contributed by atoms with Crippen LogP contribution in [0.5, 0.6) is 0 Å². The Hall–Kier alpha value is -2.18. The average Bonchev–Trinajstić information content (AvgIpc) is 2.33. The summed E-state index contributed by atoms with van der Waals surface area (Å²) in [5, 5.41) is 16.1. The fourth-order valence-corrected chi connectivity index (χ4v) is 1.56. The van der Waals surface area contributed by atoms with Gasteiger partial charge in [0, 0.05) is 20.1 Å². The molecule has 2 heterocycles. The highest BCUT2D eigenvalue weighted by Gasteiger charge is 2.22. The van der Waals surface area contributed by atoms with Crippen LogP contribution in [0, 0.1) is 0 Å². The predicted molar refractivity (Wildman–Crippen MR) is 58.8 cm³/mol. The molecule has 0 aliphatic carbocycles. The number of nitrogens with zero attached hydrogens (tertiary/aromatic N) is 4. The van der Waals surface area contributed by atoms with Gasteiger partial charge in [0.25, 0.3) is 0 Å². The molecule has 7 nitrogen and oxygen atoms in total. The summed E-state index contributed by atoms with van der Waals surface area (Å²) in [4.78, 5) is 25.5. The molecule has 1 aromatic heterocycles. The lowest BCUT2D eigenvalue weighted by Gasteiger charge is -2.32. The summed E-state index contributed by atoms with van der Waals surface area (Å²) in [5.74, 6) is -0.574. The van der Waals surface area contributed by atoms with E-state index in [1.807, 2.05) is 0 Å². The van der Waals surface area contributed by atoms with Crippen molar-refractivity contribution in [3.05, 3.63) is 17.8 Å². The summed E-state index contributed by atoms with van der Waals surface area (Å²) >= 11 is 0. The Bertz CT molecular complexity index is 445. The number of hydrogen-bond acceptors (Lipinski definition) is 5. The molecule has 1 aliphatic heterocycles. The Morgan fingerprint density at radius 1 is 1.35 bits per heavy atom. The number of carboxylic acids is 1. The third kappa shape index (κ3) is 2.32. The van der Waals surface area contributed by atoms with E-state index in [0.717, 1.165) is 0 Å². The number of carboxylic acid groups (broad SMARTS) is 1. The van der Waals surface area contributed by atoms with Gasteiger partial charge in [-0.2, -0.15) is 0 Å². The van der Waals surface area contributed by atoms with Crippen molar-refractivity contribution < 1.29 is 14.7 Å². The third-order valence-corrected chi connectivity index (χ3v) is 2.65. The molecule has 0 atom stereocenters. The van der Waals surface area contributed by atoms with E-state index in [1.165, 1.54) is 6.07 Å². The maximum Gasteiger partial charge on any atom is 0.356 e. The van der Waals surface area contributed by atoms with Crippen LogP contribution in [0.1, 0.15) is 10.5 Å². The number of hydrogen-bond donors (Lipinski definition) is 1. The van der Waals surface area contributed by atoms with Gasteiger partial charge in [0.05, 0.1) is 6.54 Å². The van der Waals surface area contributed by atoms with E-state index in [2.05, 4.69) is 10.2 Å². The maximum absolute atomic E-state index is 11.5. The molecular weight excluding hydrogens is 224 g/mol. The Balaban J connectivity index is 2.13. The van der Waals surface area contributed by atoms with E-state index in [-0.39, 0.29) is 18.1 Å². The van der Waals surface area contributed by atoms with Crippen LogP contribution in [-0.2, 0) is 4.79 Å². The number of carbonyl (C=O) groups excluding carboxylic acids is 1. The number of aromatic carboxylic acids is 1. The number of likely N-dealkylation sites (N-methyl/N-ethyl adjacent to an activating group) is 1. The van der Waals surface area contributed by atoms with Crippen LogP contribution < -0.4 is 4.90 Å². The topological polar surface area (TPSA) is 86.6 Å². The van der Waals surface area contributed by atoms with Gasteiger partial charge in [-0.1, -0.05) is 0 Å². The molecule has 1 fully saturated rings. The molecule has 1 saturated heterocycles. The van der Waals surface area contributed by atoms with Crippen LogP contribution in [0.15, 0.2) is 12.1 Å². The number of carbonyl (C=O) groups is 2. The lowest BCUT2D eigenvalue weighted by Crippen LogP contribution is -2.48. The van der Waals surface area contributed by atoms with Crippen LogP contribution in [0.3, 0.4) is 0 Å². The fraction of sp³-hybridized carbons (Fsp3) is 0.400. The molecule has 7 heteroatoms. The molecule has 90 valence electrons. The smallest absolute Gasteiger partial charge is 0.356 e. The van der Waals surface area contributed by atoms with Gasteiger partial charge in [0.2, 0.25) is 5.91 Å². The second-order valence-electron chi connectivity index (χ2n) is 3.82. The molecule has 0 unspecified atom stereocenters. The lowest BCUT2D eigenvalue weighted by molar-refractivity contribution is -0.129. The van der Waals surface area contributed by atoms with Crippen LogP contribution in [0.4, 0.5) is 5.82 Å². The minimum absolute atomic E-state index is 0.0142. The summed E-state index contributed by atoms with van der Waals surface area (Å²) in [5.41, 5.74) is -0.103. The monoisotopic (exact) mass is 236 g/mol. The van der Waals surface area contributed by atoms with Gasteiger partial charge in [-0.25, -0.2) is 4.79 Å². The minimum Gasteiger partial charge on any atom is -0.476 e. The van der Waals surface area contributed by atoms with Crippen molar-refractivity contribution >= 4 is 17.7 Å². The minimum atomic E-state index is -1.11. The first kappa shape index (κ1) is 11.3. The zero-order valence-electron chi connectivity index (χ0n) is 9.33. The molecule has 2 rings (SSSR count). The second kappa shape index (κ2) is 4.36. The number of rotatable bonds is 2. The van der Waals surface area contributed by atoms with Crippen LogP contribution in [0.25, 0.3) is 0 Å². The average molecular weight is 236 g/mol. The van der Waals surface area contributed by atoms with Gasteiger partial charge in [0.1, 0.15) is 0 Å². The van der Waals surface area contributed by atoms with E-state index >= 15 is 0 Å². The van der Waals surface area contributed by atoms with Gasteiger partial charge in [-0.05, 0) is 12.1 Å². The lowest BCUT2D eigenvalue weighted by atomic mass is 10.3. The Morgan fingerprint density at radius 3 is 2.65 bits per heavy atom. The van der Waals surface area contributed by atoms with Crippen molar-refractivity contribution in [1.29, 1.82) is 0 Å². The van der Waals surface area contributed by atoms with Crippen LogP contribution in [0.2, 0.25) is 0 Å². The molecule has 0 bridgehead atoms. The Morgan fingerprint density at radius 2 is 2.12 bits per heavy atom. The van der Waals surface area contributed by atoms with Gasteiger partial charge < -0.3 is 14.9 Å². The zero-order valence-corrected chi connectivity index (χ0v) is 9.33. The van der Waals surface area contributed by atoms with Gasteiger partial charge in [-0.15, -0.1) is 10.2 Å². The number of aromatic nitrogens is 2. The molecule has 1 N–H and O–H groups in total. The number of anilines is 1. The zero-order chi connectivity index (χ0) is 12.4. The summed E-state index contributed by atoms with van der Waals surface area (Å²) in [6.07, 6.45) is 0. The number of amides is 1. The summed E-state index contributed by atoms with van der Waals surface area (Å²) in [6.45, 7) is 1.54. The second-order valence-corrected chi connectivity index (χ2v) is 3.82. The first-order valence-corrected chi connectivity index (χ1v) is 5.14. The highest BCUT2D eigenvalue weighted by molar-refractivity contribution is 5.85. The SMILES string of the molecule is CN1CCN(c2ccc(C(=O)O)nn2)CC1=O. The van der Waals surface area contributed by atoms with Crippen molar-refractivity contribution in [1.82, 2.24) is 15.1 Å². The molecule has 1 aliphatic rings. The van der Waals surface area contributed by atoms with E-state index in [1.54, 1.807) is 22.9 Å². The third-order valence-electron chi connectivity index (χ3n) is 2.65. The van der Waals surface area contributed by atoms with Crippen molar-refractivity contribution in [2.24, 2.45) is 0 Å². The molecule has 17 heavy (non-hydrogen) atoms. The van der Waals surface area contributed by atoms with Gasteiger partial charge in [-0.3, -0.25) is 4.79 Å². The van der Waals surface area contributed by atoms with Crippen LogP contribution >= 0.6 is 0 Å². The quantitative estimate of drug-likeness (QED) is 0.741.